The smallest absolute Gasteiger partial charge is 0.330 e. The molecule has 9 nitrogen and oxygen atoms in total. The molecular formula is C24H25ClN6O3. The summed E-state index contributed by atoms with van der Waals surface area (Å²) < 4.78 is 5.08. The molecular weight excluding hydrogens is 456 g/mol. The van der Waals surface area contributed by atoms with Crippen LogP contribution in [0.5, 0.6) is 0 Å². The van der Waals surface area contributed by atoms with E-state index in [1.165, 1.54) is 11.9 Å². The normalized spacial score (nSPS) is 13.0. The van der Waals surface area contributed by atoms with Crippen molar-refractivity contribution in [2.45, 2.75) is 12.8 Å². The van der Waals surface area contributed by atoms with Gasteiger partial charge in [0.2, 0.25) is 5.91 Å². The van der Waals surface area contributed by atoms with Crippen molar-refractivity contribution in [2.75, 3.05) is 44.0 Å². The number of nitrogens with zero attached hydrogens (tertiary/aromatic N) is 5. The van der Waals surface area contributed by atoms with Gasteiger partial charge in [-0.3, -0.25) is 4.79 Å². The van der Waals surface area contributed by atoms with E-state index in [-0.39, 0.29) is 0 Å². The summed E-state index contributed by atoms with van der Waals surface area (Å²) in [4.78, 5) is 41.2. The van der Waals surface area contributed by atoms with Crippen LogP contribution in [0.2, 0.25) is 5.02 Å². The molecule has 1 aliphatic heterocycles. The van der Waals surface area contributed by atoms with E-state index in [1.54, 1.807) is 12.3 Å². The number of esters is 1. The maximum Gasteiger partial charge on any atom is 0.330 e. The van der Waals surface area contributed by atoms with Crippen molar-refractivity contribution in [2.24, 2.45) is 0 Å². The summed E-state index contributed by atoms with van der Waals surface area (Å²) >= 11 is 6.22. The number of halogens is 1. The van der Waals surface area contributed by atoms with Crippen molar-refractivity contribution < 1.29 is 14.3 Å². The van der Waals surface area contributed by atoms with Crippen LogP contribution >= 0.6 is 11.6 Å². The van der Waals surface area contributed by atoms with Crippen molar-refractivity contribution >= 4 is 51.7 Å². The van der Waals surface area contributed by atoms with Crippen LogP contribution in [0, 0.1) is 0 Å². The van der Waals surface area contributed by atoms with E-state index in [0.29, 0.717) is 28.8 Å². The average Bonchev–Trinajstić information content (AvgIpc) is 3.23. The predicted octanol–water partition coefficient (Wildman–Crippen LogP) is 3.36. The fourth-order valence-electron chi connectivity index (χ4n) is 3.71. The Morgan fingerprint density at radius 2 is 2.06 bits per heavy atom. The quantitative estimate of drug-likeness (QED) is 0.297. The van der Waals surface area contributed by atoms with Crippen LogP contribution in [-0.2, 0) is 20.7 Å². The second kappa shape index (κ2) is 10.6. The Morgan fingerprint density at radius 1 is 1.21 bits per heavy atom. The van der Waals surface area contributed by atoms with Crippen molar-refractivity contribution in [1.82, 2.24) is 19.9 Å². The van der Waals surface area contributed by atoms with Crippen LogP contribution in [0.4, 0.5) is 17.3 Å². The molecule has 1 amide bonds. The number of hydrogen-bond donors (Lipinski definition) is 1. The van der Waals surface area contributed by atoms with Gasteiger partial charge in [0.25, 0.3) is 0 Å². The zero-order valence-corrected chi connectivity index (χ0v) is 19.7. The summed E-state index contributed by atoms with van der Waals surface area (Å²) in [5, 5.41) is 4.07. The van der Waals surface area contributed by atoms with Gasteiger partial charge in [-0.25, -0.2) is 19.7 Å². The lowest BCUT2D eigenvalue weighted by Gasteiger charge is -2.20. The highest BCUT2D eigenvalue weighted by Gasteiger charge is 2.23. The molecule has 1 aromatic carbocycles. The molecule has 0 aliphatic carbocycles. The Morgan fingerprint density at radius 3 is 2.88 bits per heavy atom. The average molecular weight is 481 g/mol. The van der Waals surface area contributed by atoms with Gasteiger partial charge in [-0.2, -0.15) is 0 Å². The number of pyridine rings is 1. The number of hydrogen-bond acceptors (Lipinski definition) is 8. The van der Waals surface area contributed by atoms with Crippen molar-refractivity contribution in [3.8, 4) is 0 Å². The predicted molar refractivity (Wildman–Crippen MR) is 131 cm³/mol. The Hall–Kier alpha value is -3.56. The topological polar surface area (TPSA) is 101 Å². The van der Waals surface area contributed by atoms with E-state index in [4.69, 9.17) is 16.3 Å². The van der Waals surface area contributed by atoms with Gasteiger partial charge in [0.15, 0.2) is 0 Å². The highest BCUT2D eigenvalue weighted by Crippen LogP contribution is 2.38. The first-order chi connectivity index (χ1) is 16.4. The summed E-state index contributed by atoms with van der Waals surface area (Å²) in [5.74, 6) is -0.0277. The number of amides is 1. The number of benzene rings is 1. The zero-order valence-electron chi connectivity index (χ0n) is 19.0. The van der Waals surface area contributed by atoms with Crippen LogP contribution in [-0.4, -0.2) is 65.5 Å². The molecule has 176 valence electrons. The Bertz CT molecular complexity index is 1250. The summed E-state index contributed by atoms with van der Waals surface area (Å²) in [7, 11) is 3.89. The number of carbonyl (C=O) groups is 2. The molecule has 1 N–H and O–H groups in total. The summed E-state index contributed by atoms with van der Waals surface area (Å²) in [6.45, 7) is 1.86. The van der Waals surface area contributed by atoms with Gasteiger partial charge in [-0.1, -0.05) is 17.7 Å². The fraction of sp³-hybridized carbons (Fsp3) is 0.292. The molecule has 0 bridgehead atoms. The molecule has 0 fully saturated rings. The van der Waals surface area contributed by atoms with Gasteiger partial charge < -0.3 is 19.9 Å². The van der Waals surface area contributed by atoms with Crippen molar-refractivity contribution in [1.29, 1.82) is 0 Å². The first-order valence-corrected chi connectivity index (χ1v) is 11.3. The molecule has 0 spiro atoms. The van der Waals surface area contributed by atoms with Gasteiger partial charge in [0.1, 0.15) is 18.0 Å². The number of rotatable bonds is 8. The van der Waals surface area contributed by atoms with E-state index >= 15 is 0 Å². The fourth-order valence-corrected chi connectivity index (χ4v) is 3.88. The Labute approximate surface area is 202 Å². The minimum Gasteiger partial charge on any atom is -0.462 e. The minimum absolute atomic E-state index is 0.294. The number of anilines is 3. The molecule has 1 aliphatic rings. The third kappa shape index (κ3) is 5.67. The number of carbonyl (C=O) groups excluding carboxylic acids is 2. The van der Waals surface area contributed by atoms with Crippen molar-refractivity contribution in [3.63, 3.8) is 0 Å². The number of ether oxygens (including phenoxy) is 1. The lowest BCUT2D eigenvalue weighted by atomic mass is 10.2. The molecule has 2 aromatic heterocycles. The highest BCUT2D eigenvalue weighted by atomic mass is 35.5. The third-order valence-electron chi connectivity index (χ3n) is 5.32. The molecule has 34 heavy (non-hydrogen) atoms. The lowest BCUT2D eigenvalue weighted by Crippen LogP contribution is -2.16. The molecule has 3 aromatic rings. The van der Waals surface area contributed by atoms with Crippen LogP contribution in [0.25, 0.3) is 10.9 Å². The number of aromatic nitrogens is 3. The minimum atomic E-state index is -0.567. The summed E-state index contributed by atoms with van der Waals surface area (Å²) in [5.41, 5.74) is 2.84. The second-order valence-electron chi connectivity index (χ2n) is 8.11. The molecule has 0 saturated heterocycles. The summed E-state index contributed by atoms with van der Waals surface area (Å²) in [6, 6.07) is 7.55. The number of fused-ring (bicyclic) bond motifs is 2. The van der Waals surface area contributed by atoms with Crippen LogP contribution in [0.1, 0.15) is 12.0 Å². The van der Waals surface area contributed by atoms with Crippen LogP contribution < -0.4 is 10.2 Å². The maximum absolute atomic E-state index is 12.3. The van der Waals surface area contributed by atoms with Gasteiger partial charge in [-0.05, 0) is 50.7 Å². The van der Waals surface area contributed by atoms with Crippen molar-refractivity contribution in [3.05, 3.63) is 59.5 Å². The van der Waals surface area contributed by atoms with Crippen LogP contribution in [0.15, 0.2) is 48.9 Å². The molecule has 0 unspecified atom stereocenters. The monoisotopic (exact) mass is 480 g/mol. The van der Waals surface area contributed by atoms with E-state index < -0.39 is 11.9 Å². The number of nitrogens with one attached hydrogen (secondary N) is 1. The SMILES string of the molecule is CN(C)CCCOC(=O)C=CC(=O)Nc1cc2c(N3CCc4ccc(Cl)cc43)ncnc2cn1. The van der Waals surface area contributed by atoms with Crippen LogP contribution in [0.3, 0.4) is 0 Å². The molecule has 4 rings (SSSR count). The molecule has 10 heteroatoms. The Balaban J connectivity index is 1.46. The first-order valence-electron chi connectivity index (χ1n) is 10.9. The Kier molecular flexibility index (Phi) is 7.34. The van der Waals surface area contributed by atoms with Gasteiger partial charge in [0, 0.05) is 41.3 Å². The first kappa shape index (κ1) is 23.6. The highest BCUT2D eigenvalue weighted by molar-refractivity contribution is 6.31. The second-order valence-corrected chi connectivity index (χ2v) is 8.54. The molecule has 3 heterocycles. The maximum atomic E-state index is 12.3. The molecule has 0 atom stereocenters. The molecule has 0 radical (unpaired) electrons. The van der Waals surface area contributed by atoms with Gasteiger partial charge >= 0.3 is 5.97 Å². The van der Waals surface area contributed by atoms with E-state index in [0.717, 1.165) is 49.2 Å². The zero-order chi connectivity index (χ0) is 24.1. The van der Waals surface area contributed by atoms with E-state index in [9.17, 15) is 9.59 Å². The lowest BCUT2D eigenvalue weighted by molar-refractivity contribution is -0.138. The van der Waals surface area contributed by atoms with E-state index in [1.807, 2.05) is 37.2 Å². The van der Waals surface area contributed by atoms with E-state index in [2.05, 4.69) is 25.2 Å². The standard InChI is InChI=1S/C24H25ClN6O3/c1-30(2)9-3-11-34-23(33)7-6-22(32)29-21-13-18-19(14-26-21)27-15-28-24(18)31-10-8-16-4-5-17(25)12-20(16)31/h4-7,12-15H,3,8-11H2,1-2H3,(H,26,29,32). The molecule has 0 saturated carbocycles. The van der Waals surface area contributed by atoms with Gasteiger partial charge in [0.05, 0.1) is 18.3 Å². The summed E-state index contributed by atoms with van der Waals surface area (Å²) in [6.07, 6.45) is 6.90. The third-order valence-corrected chi connectivity index (χ3v) is 5.55. The largest absolute Gasteiger partial charge is 0.462 e. The van der Waals surface area contributed by atoms with Gasteiger partial charge in [-0.15, -0.1) is 0 Å².